The van der Waals surface area contributed by atoms with E-state index in [1.165, 1.54) is 0 Å². The first-order chi connectivity index (χ1) is 8.65. The summed E-state index contributed by atoms with van der Waals surface area (Å²) in [4.78, 5) is 14.2. The molecule has 1 aromatic rings. The van der Waals surface area contributed by atoms with Crippen molar-refractivity contribution < 1.29 is 4.79 Å². The average molecular weight is 248 g/mol. The quantitative estimate of drug-likeness (QED) is 0.589. The van der Waals surface area contributed by atoms with Crippen LogP contribution in [0.2, 0.25) is 0 Å². The maximum absolute atomic E-state index is 11.9. The molecule has 1 heterocycles. The summed E-state index contributed by atoms with van der Waals surface area (Å²) in [6, 6.07) is 7.10. The van der Waals surface area contributed by atoms with Crippen LogP contribution in [0.3, 0.4) is 0 Å². The molecule has 3 N–H and O–H groups in total. The maximum Gasteiger partial charge on any atom is 0.178 e. The minimum Gasteiger partial charge on any atom is -0.399 e. The van der Waals surface area contributed by atoms with E-state index in [2.05, 4.69) is 22.4 Å². The predicted octanol–water partition coefficient (Wildman–Crippen LogP) is 0.204. The zero-order valence-electron chi connectivity index (χ0n) is 10.7. The second-order valence-electron chi connectivity index (χ2n) is 4.67. The molecular weight excluding hydrogens is 228 g/mol. The van der Waals surface area contributed by atoms with E-state index >= 15 is 0 Å². The molecule has 5 nitrogen and oxygen atoms in total. The number of carbonyl (C=O) groups excluding carboxylic acids is 1. The number of likely N-dealkylation sites (N-methyl/N-ethyl adjacent to an activating group) is 1. The van der Waals surface area contributed by atoms with Crippen LogP contribution in [0.25, 0.3) is 0 Å². The van der Waals surface area contributed by atoms with Crippen molar-refractivity contribution in [3.63, 3.8) is 0 Å². The Morgan fingerprint density at radius 2 is 2.06 bits per heavy atom. The second kappa shape index (κ2) is 5.95. The lowest BCUT2D eigenvalue weighted by Crippen LogP contribution is -2.51. The van der Waals surface area contributed by atoms with E-state index in [0.29, 0.717) is 17.8 Å². The Kier molecular flexibility index (Phi) is 4.30. The number of rotatable bonds is 4. The molecule has 0 saturated carbocycles. The topological polar surface area (TPSA) is 61.6 Å². The number of anilines is 1. The van der Waals surface area contributed by atoms with Crippen molar-refractivity contribution in [2.45, 2.75) is 0 Å². The molecule has 0 spiro atoms. The number of ketones is 1. The van der Waals surface area contributed by atoms with Gasteiger partial charge in [-0.1, -0.05) is 12.1 Å². The summed E-state index contributed by atoms with van der Waals surface area (Å²) < 4.78 is 0. The maximum atomic E-state index is 11.9. The van der Waals surface area contributed by atoms with E-state index in [1.807, 2.05) is 0 Å². The van der Waals surface area contributed by atoms with Gasteiger partial charge in [0.15, 0.2) is 5.78 Å². The Hall–Kier alpha value is -1.43. The molecule has 0 bridgehead atoms. The lowest BCUT2D eigenvalue weighted by molar-refractivity contribution is 0.0838. The van der Waals surface area contributed by atoms with Gasteiger partial charge in [-0.3, -0.25) is 4.79 Å². The van der Waals surface area contributed by atoms with Crippen molar-refractivity contribution >= 4 is 11.5 Å². The SMILES string of the molecule is CN1CCN(NCC(=O)c2cccc(N)c2)CC1. The Labute approximate surface area is 108 Å². The van der Waals surface area contributed by atoms with Crippen LogP contribution in [0.1, 0.15) is 10.4 Å². The van der Waals surface area contributed by atoms with Gasteiger partial charge in [0.1, 0.15) is 0 Å². The van der Waals surface area contributed by atoms with Crippen LogP contribution in [0.5, 0.6) is 0 Å². The molecule has 1 aliphatic heterocycles. The number of nitrogen functional groups attached to an aromatic ring is 1. The minimum atomic E-state index is 0.0706. The first-order valence-corrected chi connectivity index (χ1v) is 6.21. The number of nitrogens with zero attached hydrogens (tertiary/aromatic N) is 2. The van der Waals surface area contributed by atoms with E-state index in [1.54, 1.807) is 24.3 Å². The molecule has 0 atom stereocenters. The first-order valence-electron chi connectivity index (χ1n) is 6.21. The number of nitrogens with two attached hydrogens (primary N) is 1. The Balaban J connectivity index is 1.81. The van der Waals surface area contributed by atoms with Gasteiger partial charge in [0.2, 0.25) is 0 Å². The molecule has 1 fully saturated rings. The zero-order valence-corrected chi connectivity index (χ0v) is 10.7. The Bertz CT molecular complexity index is 413. The highest BCUT2D eigenvalue weighted by atomic mass is 16.1. The number of carbonyl (C=O) groups is 1. The molecule has 5 heteroatoms. The third kappa shape index (κ3) is 3.53. The number of nitrogens with one attached hydrogen (secondary N) is 1. The van der Waals surface area contributed by atoms with E-state index < -0.39 is 0 Å². The molecule has 2 rings (SSSR count). The zero-order chi connectivity index (χ0) is 13.0. The summed E-state index contributed by atoms with van der Waals surface area (Å²) in [5, 5.41) is 2.10. The molecule has 1 aromatic carbocycles. The van der Waals surface area contributed by atoms with Crippen LogP contribution >= 0.6 is 0 Å². The van der Waals surface area contributed by atoms with Gasteiger partial charge < -0.3 is 10.6 Å². The molecule has 98 valence electrons. The number of hydrogen-bond donors (Lipinski definition) is 2. The van der Waals surface area contributed by atoms with Crippen LogP contribution in [0.4, 0.5) is 5.69 Å². The summed E-state index contributed by atoms with van der Waals surface area (Å²) in [7, 11) is 2.11. The van der Waals surface area contributed by atoms with Crippen LogP contribution in [-0.2, 0) is 0 Å². The number of piperazine rings is 1. The smallest absolute Gasteiger partial charge is 0.178 e. The number of hydrogen-bond acceptors (Lipinski definition) is 5. The van der Waals surface area contributed by atoms with Gasteiger partial charge in [0.25, 0.3) is 0 Å². The Morgan fingerprint density at radius 3 is 2.72 bits per heavy atom. The van der Waals surface area contributed by atoms with Crippen molar-refractivity contribution in [2.75, 3.05) is 45.5 Å². The Morgan fingerprint density at radius 1 is 1.33 bits per heavy atom. The predicted molar refractivity (Wildman–Crippen MR) is 72.3 cm³/mol. The lowest BCUT2D eigenvalue weighted by atomic mass is 10.1. The largest absolute Gasteiger partial charge is 0.399 e. The summed E-state index contributed by atoms with van der Waals surface area (Å²) >= 11 is 0. The molecule has 1 saturated heterocycles. The average Bonchev–Trinajstić information content (AvgIpc) is 2.38. The molecular formula is C13H20N4O. The summed E-state index contributed by atoms with van der Waals surface area (Å²) in [6.45, 7) is 4.27. The third-order valence-electron chi connectivity index (χ3n) is 3.18. The monoisotopic (exact) mass is 248 g/mol. The van der Waals surface area contributed by atoms with Gasteiger partial charge in [-0.05, 0) is 19.2 Å². The fourth-order valence-corrected chi connectivity index (χ4v) is 1.96. The molecule has 0 aromatic heterocycles. The van der Waals surface area contributed by atoms with Gasteiger partial charge >= 0.3 is 0 Å². The number of hydrazine groups is 1. The highest BCUT2D eigenvalue weighted by Gasteiger charge is 2.14. The standard InChI is InChI=1S/C13H20N4O/c1-16-5-7-17(8-6-16)15-10-13(18)11-3-2-4-12(14)9-11/h2-4,9,15H,5-8,10,14H2,1H3. The van der Waals surface area contributed by atoms with Crippen molar-refractivity contribution in [2.24, 2.45) is 0 Å². The third-order valence-corrected chi connectivity index (χ3v) is 3.18. The van der Waals surface area contributed by atoms with Crippen molar-refractivity contribution in [1.29, 1.82) is 0 Å². The molecule has 18 heavy (non-hydrogen) atoms. The number of Topliss-reactive ketones (excluding diaryl/α,β-unsaturated/α-hetero) is 1. The van der Waals surface area contributed by atoms with Crippen LogP contribution in [-0.4, -0.2) is 55.5 Å². The van der Waals surface area contributed by atoms with Gasteiger partial charge in [-0.25, -0.2) is 10.4 Å². The van der Waals surface area contributed by atoms with Gasteiger partial charge in [0, 0.05) is 37.4 Å². The van der Waals surface area contributed by atoms with Gasteiger partial charge in [0.05, 0.1) is 6.54 Å². The summed E-state index contributed by atoms with van der Waals surface area (Å²) in [5.41, 5.74) is 10.1. The fraction of sp³-hybridized carbons (Fsp3) is 0.462. The van der Waals surface area contributed by atoms with E-state index in [4.69, 9.17) is 5.73 Å². The lowest BCUT2D eigenvalue weighted by Gasteiger charge is -2.32. The molecule has 0 aliphatic carbocycles. The van der Waals surface area contributed by atoms with Crippen LogP contribution in [0.15, 0.2) is 24.3 Å². The van der Waals surface area contributed by atoms with Crippen LogP contribution < -0.4 is 11.2 Å². The fourth-order valence-electron chi connectivity index (χ4n) is 1.96. The molecule has 0 amide bonds. The highest BCUT2D eigenvalue weighted by molar-refractivity contribution is 5.98. The normalized spacial score (nSPS) is 17.8. The van der Waals surface area contributed by atoms with Gasteiger partial charge in [-0.2, -0.15) is 0 Å². The molecule has 1 aliphatic rings. The highest BCUT2D eigenvalue weighted by Crippen LogP contribution is 2.07. The van der Waals surface area contributed by atoms with E-state index in [0.717, 1.165) is 26.2 Å². The molecule has 0 radical (unpaired) electrons. The number of benzene rings is 1. The van der Waals surface area contributed by atoms with Crippen molar-refractivity contribution in [3.05, 3.63) is 29.8 Å². The first kappa shape index (κ1) is 13.0. The second-order valence-corrected chi connectivity index (χ2v) is 4.67. The molecule has 0 unspecified atom stereocenters. The van der Waals surface area contributed by atoms with E-state index in [9.17, 15) is 4.79 Å². The van der Waals surface area contributed by atoms with Gasteiger partial charge in [-0.15, -0.1) is 0 Å². The van der Waals surface area contributed by atoms with E-state index in [-0.39, 0.29) is 5.78 Å². The summed E-state index contributed by atoms with van der Waals surface area (Å²) in [6.07, 6.45) is 0. The van der Waals surface area contributed by atoms with Crippen molar-refractivity contribution in [3.8, 4) is 0 Å². The summed E-state index contributed by atoms with van der Waals surface area (Å²) in [5.74, 6) is 0.0706. The minimum absolute atomic E-state index is 0.0706. The van der Waals surface area contributed by atoms with Crippen molar-refractivity contribution in [1.82, 2.24) is 15.3 Å². The van der Waals surface area contributed by atoms with Crippen LogP contribution in [0, 0.1) is 0 Å².